The van der Waals surface area contributed by atoms with E-state index in [9.17, 15) is 0 Å². The van der Waals surface area contributed by atoms with Crippen molar-refractivity contribution < 1.29 is 0 Å². The fourth-order valence-corrected chi connectivity index (χ4v) is 4.63. The summed E-state index contributed by atoms with van der Waals surface area (Å²) in [6.45, 7) is 0. The molecule has 13 heavy (non-hydrogen) atoms. The maximum atomic E-state index is 2.49. The van der Waals surface area contributed by atoms with Crippen LogP contribution < -0.4 is 0 Å². The van der Waals surface area contributed by atoms with Gasteiger partial charge in [-0.15, -0.1) is 0 Å². The van der Waals surface area contributed by atoms with Crippen molar-refractivity contribution in [3.63, 3.8) is 0 Å². The highest BCUT2D eigenvalue weighted by atomic mass is 15.1. The van der Waals surface area contributed by atoms with Crippen LogP contribution in [0, 0.1) is 23.7 Å². The highest BCUT2D eigenvalue weighted by Crippen LogP contribution is 2.59. The Morgan fingerprint density at radius 2 is 1.69 bits per heavy atom. The van der Waals surface area contributed by atoms with Crippen LogP contribution in [0.2, 0.25) is 0 Å². The van der Waals surface area contributed by atoms with E-state index in [1.54, 1.807) is 19.3 Å². The molecule has 3 aliphatic rings. The lowest BCUT2D eigenvalue weighted by Crippen LogP contribution is -2.38. The Kier molecular flexibility index (Phi) is 1.74. The van der Waals surface area contributed by atoms with Gasteiger partial charge in [0.2, 0.25) is 0 Å². The van der Waals surface area contributed by atoms with E-state index in [0.29, 0.717) is 0 Å². The number of nitrogens with zero attached hydrogens (tertiary/aromatic N) is 1. The molecule has 5 atom stereocenters. The molecule has 0 aromatic carbocycles. The molecule has 1 heteroatoms. The second kappa shape index (κ2) is 2.73. The lowest BCUT2D eigenvalue weighted by Gasteiger charge is -2.35. The molecule has 0 aromatic rings. The third-order valence-electron chi connectivity index (χ3n) is 5.06. The molecule has 3 aliphatic carbocycles. The largest absolute Gasteiger partial charge is 0.306 e. The molecule has 74 valence electrons. The van der Waals surface area contributed by atoms with E-state index in [1.807, 2.05) is 0 Å². The Bertz CT molecular complexity index is 209. The van der Waals surface area contributed by atoms with Crippen LogP contribution in [0.5, 0.6) is 0 Å². The van der Waals surface area contributed by atoms with Gasteiger partial charge < -0.3 is 4.90 Å². The lowest BCUT2D eigenvalue weighted by molar-refractivity contribution is 0.136. The first-order chi connectivity index (χ1) is 6.27. The van der Waals surface area contributed by atoms with Gasteiger partial charge in [-0.2, -0.15) is 0 Å². The maximum Gasteiger partial charge on any atom is 0.0123 e. The molecule has 0 amide bonds. The van der Waals surface area contributed by atoms with Gasteiger partial charge in [-0.3, -0.25) is 0 Å². The Morgan fingerprint density at radius 1 is 0.923 bits per heavy atom. The van der Waals surface area contributed by atoms with Gasteiger partial charge >= 0.3 is 0 Å². The molecule has 3 rings (SSSR count). The van der Waals surface area contributed by atoms with Gasteiger partial charge in [0.15, 0.2) is 0 Å². The normalized spacial score (nSPS) is 53.3. The second-order valence-corrected chi connectivity index (χ2v) is 5.68. The Morgan fingerprint density at radius 3 is 2.46 bits per heavy atom. The average Bonchev–Trinajstić information content (AvgIpc) is 2.75. The number of hydrogen-bond acceptors (Lipinski definition) is 1. The van der Waals surface area contributed by atoms with Gasteiger partial charge in [-0.25, -0.2) is 0 Å². The van der Waals surface area contributed by atoms with E-state index in [1.165, 1.54) is 12.8 Å². The van der Waals surface area contributed by atoms with Crippen molar-refractivity contribution in [2.45, 2.75) is 38.1 Å². The van der Waals surface area contributed by atoms with Crippen LogP contribution in [0.25, 0.3) is 0 Å². The predicted octanol–water partition coefficient (Wildman–Crippen LogP) is 2.37. The van der Waals surface area contributed by atoms with Crippen LogP contribution >= 0.6 is 0 Å². The van der Waals surface area contributed by atoms with Gasteiger partial charge in [0.1, 0.15) is 0 Å². The summed E-state index contributed by atoms with van der Waals surface area (Å²) in [4.78, 5) is 2.49. The second-order valence-electron chi connectivity index (χ2n) is 5.68. The molecule has 3 fully saturated rings. The zero-order valence-electron chi connectivity index (χ0n) is 8.87. The van der Waals surface area contributed by atoms with Crippen molar-refractivity contribution in [2.75, 3.05) is 14.1 Å². The Hall–Kier alpha value is -0.0400. The molecule has 0 aliphatic heterocycles. The molecule has 0 radical (unpaired) electrons. The van der Waals surface area contributed by atoms with Crippen LogP contribution in [0.4, 0.5) is 0 Å². The van der Waals surface area contributed by atoms with E-state index in [4.69, 9.17) is 0 Å². The van der Waals surface area contributed by atoms with Gasteiger partial charge in [0, 0.05) is 6.04 Å². The monoisotopic (exact) mass is 179 g/mol. The minimum atomic E-state index is 0.935. The van der Waals surface area contributed by atoms with Crippen LogP contribution in [0.15, 0.2) is 0 Å². The van der Waals surface area contributed by atoms with Crippen molar-refractivity contribution >= 4 is 0 Å². The van der Waals surface area contributed by atoms with Crippen molar-refractivity contribution in [1.29, 1.82) is 0 Å². The topological polar surface area (TPSA) is 3.24 Å². The van der Waals surface area contributed by atoms with Crippen LogP contribution in [-0.4, -0.2) is 25.0 Å². The summed E-state index contributed by atoms with van der Waals surface area (Å²) in [5.74, 6) is 4.48. The Balaban J connectivity index is 1.82. The summed E-state index contributed by atoms with van der Waals surface area (Å²) in [5, 5.41) is 0. The minimum Gasteiger partial charge on any atom is -0.306 e. The number of rotatable bonds is 1. The van der Waals surface area contributed by atoms with E-state index in [-0.39, 0.29) is 0 Å². The molecule has 0 N–H and O–H groups in total. The van der Waals surface area contributed by atoms with Crippen molar-refractivity contribution in [3.05, 3.63) is 0 Å². The molecule has 5 unspecified atom stereocenters. The molecule has 1 nitrogen and oxygen atoms in total. The summed E-state index contributed by atoms with van der Waals surface area (Å²) in [6.07, 6.45) is 7.72. The Labute approximate surface area is 81.5 Å². The number of fused-ring (bicyclic) bond motifs is 5. The van der Waals surface area contributed by atoms with Crippen LogP contribution in [0.3, 0.4) is 0 Å². The fourth-order valence-electron chi connectivity index (χ4n) is 4.63. The molecule has 0 heterocycles. The molecule has 0 saturated heterocycles. The molecule has 0 spiro atoms. The third-order valence-corrected chi connectivity index (χ3v) is 5.06. The third kappa shape index (κ3) is 1.03. The first-order valence-corrected chi connectivity index (χ1v) is 5.94. The van der Waals surface area contributed by atoms with Crippen molar-refractivity contribution in [3.8, 4) is 0 Å². The van der Waals surface area contributed by atoms with Gasteiger partial charge in [0.05, 0.1) is 0 Å². The smallest absolute Gasteiger partial charge is 0.0123 e. The summed E-state index contributed by atoms with van der Waals surface area (Å²) in [6, 6.07) is 0.935. The zero-order valence-corrected chi connectivity index (χ0v) is 8.87. The standard InChI is InChI=1S/C12H21N/c1-13(2)12-7-8-6-11(12)10-5-3-4-9(8)10/h8-12H,3-7H2,1-2H3. The zero-order chi connectivity index (χ0) is 9.00. The molecule has 0 aromatic heterocycles. The van der Waals surface area contributed by atoms with Gasteiger partial charge in [0.25, 0.3) is 0 Å². The maximum absolute atomic E-state index is 2.49. The van der Waals surface area contributed by atoms with Crippen molar-refractivity contribution in [2.24, 2.45) is 23.7 Å². The van der Waals surface area contributed by atoms with E-state index < -0.39 is 0 Å². The lowest BCUT2D eigenvalue weighted by atomic mass is 9.79. The predicted molar refractivity (Wildman–Crippen MR) is 54.5 cm³/mol. The number of hydrogen-bond donors (Lipinski definition) is 0. The summed E-state index contributed by atoms with van der Waals surface area (Å²) in [5.41, 5.74) is 0. The van der Waals surface area contributed by atoms with Crippen molar-refractivity contribution in [1.82, 2.24) is 4.90 Å². The van der Waals surface area contributed by atoms with Gasteiger partial charge in [-0.1, -0.05) is 6.42 Å². The van der Waals surface area contributed by atoms with E-state index in [0.717, 1.165) is 29.7 Å². The molecule has 3 saturated carbocycles. The SMILES string of the molecule is CN(C)C1CC2CC1C1CCCC21. The first kappa shape index (κ1) is 8.28. The van der Waals surface area contributed by atoms with E-state index in [2.05, 4.69) is 19.0 Å². The van der Waals surface area contributed by atoms with Crippen LogP contribution in [-0.2, 0) is 0 Å². The highest BCUT2D eigenvalue weighted by molar-refractivity contribution is 5.05. The summed E-state index contributed by atoms with van der Waals surface area (Å²) >= 11 is 0. The molecular weight excluding hydrogens is 158 g/mol. The minimum absolute atomic E-state index is 0.935. The first-order valence-electron chi connectivity index (χ1n) is 5.94. The highest BCUT2D eigenvalue weighted by Gasteiger charge is 2.54. The summed E-state index contributed by atoms with van der Waals surface area (Å²) in [7, 11) is 4.55. The van der Waals surface area contributed by atoms with Gasteiger partial charge in [-0.05, 0) is 63.5 Å². The molecule has 2 bridgehead atoms. The average molecular weight is 179 g/mol. The fraction of sp³-hybridized carbons (Fsp3) is 1.00. The van der Waals surface area contributed by atoms with E-state index >= 15 is 0 Å². The summed E-state index contributed by atoms with van der Waals surface area (Å²) < 4.78 is 0. The quantitative estimate of drug-likeness (QED) is 0.597. The van der Waals surface area contributed by atoms with Crippen LogP contribution in [0.1, 0.15) is 32.1 Å². The molecular formula is C12H21N.